The van der Waals surface area contributed by atoms with Crippen LogP contribution < -0.4 is 5.30 Å². The minimum Gasteiger partial charge on any atom is -0.325 e. The number of rotatable bonds is 6. The lowest BCUT2D eigenvalue weighted by Gasteiger charge is -2.23. The van der Waals surface area contributed by atoms with Crippen LogP contribution in [0, 0.1) is 20.8 Å². The molecule has 3 heteroatoms. The van der Waals surface area contributed by atoms with Crippen molar-refractivity contribution in [3.05, 3.63) is 64.2 Å². The molecular formula is C20H27O2P. The van der Waals surface area contributed by atoms with Gasteiger partial charge in [0, 0.05) is 5.30 Å². The van der Waals surface area contributed by atoms with Crippen LogP contribution in [0.4, 0.5) is 0 Å². The van der Waals surface area contributed by atoms with Crippen molar-refractivity contribution in [3.8, 4) is 0 Å². The van der Waals surface area contributed by atoms with Gasteiger partial charge >= 0.3 is 0 Å². The molecule has 0 N–H and O–H groups in total. The van der Waals surface area contributed by atoms with E-state index in [1.54, 1.807) is 0 Å². The van der Waals surface area contributed by atoms with Crippen LogP contribution in [0.1, 0.15) is 41.7 Å². The van der Waals surface area contributed by atoms with Crippen molar-refractivity contribution < 1.29 is 9.09 Å². The molecule has 2 aromatic carbocycles. The molecule has 0 aliphatic heterocycles. The lowest BCUT2D eigenvalue weighted by atomic mass is 10.0. The highest BCUT2D eigenvalue weighted by Gasteiger charge is 2.29. The van der Waals surface area contributed by atoms with Crippen LogP contribution in [-0.2, 0) is 21.7 Å². The van der Waals surface area contributed by atoms with Gasteiger partial charge in [0.05, 0.1) is 12.8 Å². The van der Waals surface area contributed by atoms with E-state index < -0.39 is 7.37 Å². The quantitative estimate of drug-likeness (QED) is 0.671. The zero-order chi connectivity index (χ0) is 17.0. The summed E-state index contributed by atoms with van der Waals surface area (Å²) in [4.78, 5) is 0. The van der Waals surface area contributed by atoms with E-state index in [0.717, 1.165) is 22.9 Å². The SMILES string of the molecule is CCOP(=O)(Cc1c(C)cc(C)cc1C)c1ccccc1CC. The van der Waals surface area contributed by atoms with Crippen molar-refractivity contribution in [2.75, 3.05) is 6.61 Å². The summed E-state index contributed by atoms with van der Waals surface area (Å²) in [5.41, 5.74) is 5.89. The van der Waals surface area contributed by atoms with Gasteiger partial charge in [-0.25, -0.2) is 0 Å². The summed E-state index contributed by atoms with van der Waals surface area (Å²) < 4.78 is 19.6. The van der Waals surface area contributed by atoms with Gasteiger partial charge in [0.15, 0.2) is 0 Å². The Morgan fingerprint density at radius 3 is 2.17 bits per heavy atom. The molecule has 1 atom stereocenters. The third-order valence-corrected chi connectivity index (χ3v) is 6.86. The topological polar surface area (TPSA) is 26.3 Å². The molecule has 0 fully saturated rings. The van der Waals surface area contributed by atoms with Gasteiger partial charge in [-0.1, -0.05) is 42.8 Å². The van der Waals surface area contributed by atoms with Crippen LogP contribution in [0.25, 0.3) is 0 Å². The highest BCUT2D eigenvalue weighted by atomic mass is 31.2. The van der Waals surface area contributed by atoms with Crippen molar-refractivity contribution in [2.24, 2.45) is 0 Å². The van der Waals surface area contributed by atoms with Gasteiger partial charge in [0.25, 0.3) is 0 Å². The molecule has 2 rings (SSSR count). The van der Waals surface area contributed by atoms with Crippen LogP contribution in [0.15, 0.2) is 36.4 Å². The average Bonchev–Trinajstić information content (AvgIpc) is 2.51. The minimum absolute atomic E-state index is 0.458. The van der Waals surface area contributed by atoms with Gasteiger partial charge in [0.2, 0.25) is 7.37 Å². The molecule has 0 aliphatic rings. The highest BCUT2D eigenvalue weighted by molar-refractivity contribution is 7.66. The lowest BCUT2D eigenvalue weighted by molar-refractivity contribution is 0.339. The minimum atomic E-state index is -2.92. The Hall–Kier alpha value is -1.37. The van der Waals surface area contributed by atoms with Crippen LogP contribution >= 0.6 is 7.37 Å². The van der Waals surface area contributed by atoms with Crippen LogP contribution in [-0.4, -0.2) is 6.61 Å². The monoisotopic (exact) mass is 330 g/mol. The second-order valence-electron chi connectivity index (χ2n) is 6.11. The zero-order valence-electron chi connectivity index (χ0n) is 14.8. The van der Waals surface area contributed by atoms with E-state index in [1.165, 1.54) is 16.7 Å². The molecule has 0 heterocycles. The van der Waals surface area contributed by atoms with Gasteiger partial charge in [-0.2, -0.15) is 0 Å². The van der Waals surface area contributed by atoms with Crippen LogP contribution in [0.5, 0.6) is 0 Å². The van der Waals surface area contributed by atoms with Crippen LogP contribution in [0.2, 0.25) is 0 Å². The second kappa shape index (κ2) is 7.47. The Bertz CT molecular complexity index is 711. The zero-order valence-corrected chi connectivity index (χ0v) is 15.7. The first-order valence-corrected chi connectivity index (χ1v) is 10.1. The van der Waals surface area contributed by atoms with E-state index in [2.05, 4.69) is 45.9 Å². The largest absolute Gasteiger partial charge is 0.325 e. The molecule has 2 nitrogen and oxygen atoms in total. The molecule has 0 radical (unpaired) electrons. The smallest absolute Gasteiger partial charge is 0.236 e. The third-order valence-electron chi connectivity index (χ3n) is 4.28. The van der Waals surface area contributed by atoms with Gasteiger partial charge in [-0.05, 0) is 62.4 Å². The fraction of sp³-hybridized carbons (Fsp3) is 0.400. The van der Waals surface area contributed by atoms with E-state index in [4.69, 9.17) is 4.52 Å². The summed E-state index contributed by atoms with van der Waals surface area (Å²) in [5.74, 6) is 0. The molecular weight excluding hydrogens is 303 g/mol. The molecule has 0 saturated heterocycles. The van der Waals surface area contributed by atoms with Gasteiger partial charge < -0.3 is 4.52 Å². The molecule has 0 amide bonds. The standard InChI is InChI=1S/C20H27O2P/c1-6-18-10-8-9-11-20(18)23(21,22-7-2)14-19-16(4)12-15(3)13-17(19)5/h8-13H,6-7,14H2,1-5H3. The number of aryl methyl sites for hydroxylation is 4. The molecule has 0 saturated carbocycles. The summed E-state index contributed by atoms with van der Waals surface area (Å²) in [6.45, 7) is 10.7. The molecule has 0 bridgehead atoms. The molecule has 124 valence electrons. The molecule has 23 heavy (non-hydrogen) atoms. The molecule has 0 aliphatic carbocycles. The fourth-order valence-electron chi connectivity index (χ4n) is 3.22. The van der Waals surface area contributed by atoms with Gasteiger partial charge in [-0.15, -0.1) is 0 Å². The number of hydrogen-bond acceptors (Lipinski definition) is 2. The van der Waals surface area contributed by atoms with Gasteiger partial charge in [-0.3, -0.25) is 4.57 Å². The van der Waals surface area contributed by atoms with Gasteiger partial charge in [0.1, 0.15) is 0 Å². The van der Waals surface area contributed by atoms with E-state index in [-0.39, 0.29) is 0 Å². The van der Waals surface area contributed by atoms with E-state index in [1.807, 2.05) is 25.1 Å². The Morgan fingerprint density at radius 2 is 1.61 bits per heavy atom. The Kier molecular flexibility index (Phi) is 5.84. The molecule has 0 spiro atoms. The molecule has 0 aromatic heterocycles. The third kappa shape index (κ3) is 3.94. The maximum Gasteiger partial charge on any atom is 0.236 e. The van der Waals surface area contributed by atoms with E-state index >= 15 is 0 Å². The summed E-state index contributed by atoms with van der Waals surface area (Å²) in [5, 5.41) is 0.878. The summed E-state index contributed by atoms with van der Waals surface area (Å²) in [6.07, 6.45) is 1.33. The number of benzene rings is 2. The first kappa shape index (κ1) is 18.0. The van der Waals surface area contributed by atoms with Crippen molar-refractivity contribution in [1.29, 1.82) is 0 Å². The fourth-order valence-corrected chi connectivity index (χ4v) is 5.93. The maximum absolute atomic E-state index is 13.7. The lowest BCUT2D eigenvalue weighted by Crippen LogP contribution is -2.15. The number of hydrogen-bond donors (Lipinski definition) is 0. The predicted octanol–water partition coefficient (Wildman–Crippen LogP) is 5.31. The van der Waals surface area contributed by atoms with Crippen molar-refractivity contribution in [3.63, 3.8) is 0 Å². The summed E-state index contributed by atoms with van der Waals surface area (Å²) in [7, 11) is -2.92. The first-order valence-electron chi connectivity index (χ1n) is 8.30. The average molecular weight is 330 g/mol. The predicted molar refractivity (Wildman–Crippen MR) is 99.0 cm³/mol. The van der Waals surface area contributed by atoms with Crippen molar-refractivity contribution >= 4 is 12.7 Å². The second-order valence-corrected chi connectivity index (χ2v) is 8.51. The Balaban J connectivity index is 2.53. The van der Waals surface area contributed by atoms with E-state index in [0.29, 0.717) is 12.8 Å². The Morgan fingerprint density at radius 1 is 1.00 bits per heavy atom. The van der Waals surface area contributed by atoms with E-state index in [9.17, 15) is 4.57 Å². The van der Waals surface area contributed by atoms with Crippen LogP contribution in [0.3, 0.4) is 0 Å². The maximum atomic E-state index is 13.7. The normalized spacial score (nSPS) is 13.8. The summed E-state index contributed by atoms with van der Waals surface area (Å²) in [6, 6.07) is 12.3. The van der Waals surface area contributed by atoms with Crippen molar-refractivity contribution in [1.82, 2.24) is 0 Å². The molecule has 2 aromatic rings. The first-order chi connectivity index (χ1) is 10.9. The van der Waals surface area contributed by atoms with Crippen molar-refractivity contribution in [2.45, 2.75) is 47.2 Å². The highest BCUT2D eigenvalue weighted by Crippen LogP contribution is 2.51. The molecule has 1 unspecified atom stereocenters. The summed E-state index contributed by atoms with van der Waals surface area (Å²) >= 11 is 0. The Labute approximate surface area is 140 Å².